The molecule has 38 heavy (non-hydrogen) atoms. The quantitative estimate of drug-likeness (QED) is 0.491. The number of carbonyl (C=O) groups excluding carboxylic acids is 1. The molecule has 4 fully saturated rings. The molecule has 0 N–H and O–H groups in total. The predicted molar refractivity (Wildman–Crippen MR) is 139 cm³/mol. The molecule has 10 heteroatoms. The Morgan fingerprint density at radius 1 is 1.26 bits per heavy atom. The average Bonchev–Trinajstić information content (AvgIpc) is 3.54. The second kappa shape index (κ2) is 8.46. The van der Waals surface area contributed by atoms with Crippen molar-refractivity contribution >= 4 is 16.8 Å². The molecule has 1 unspecified atom stereocenters. The molecule has 2 aromatic heterocycles. The van der Waals surface area contributed by atoms with Crippen LogP contribution in [0.3, 0.4) is 0 Å². The summed E-state index contributed by atoms with van der Waals surface area (Å²) in [5.41, 5.74) is 3.33. The number of likely N-dealkylation sites (N-methyl/N-ethyl adjacent to an activating group) is 1. The topological polar surface area (TPSA) is 94.8 Å². The number of hydrogen-bond donors (Lipinski definition) is 0. The molecule has 3 aromatic rings. The maximum absolute atomic E-state index is 13.4. The highest BCUT2D eigenvalue weighted by Crippen LogP contribution is 2.60. The van der Waals surface area contributed by atoms with Gasteiger partial charge in [-0.25, -0.2) is 4.68 Å². The van der Waals surface area contributed by atoms with Crippen LogP contribution in [0.1, 0.15) is 49.6 Å². The summed E-state index contributed by atoms with van der Waals surface area (Å²) < 4.78 is 20.1. The van der Waals surface area contributed by atoms with E-state index in [1.807, 2.05) is 41.0 Å². The molecule has 10 nitrogen and oxygen atoms in total. The van der Waals surface area contributed by atoms with E-state index in [1.54, 1.807) is 0 Å². The Kier molecular flexibility index (Phi) is 5.34. The lowest BCUT2D eigenvalue weighted by Gasteiger charge is -2.46. The highest BCUT2D eigenvalue weighted by Gasteiger charge is 2.70. The van der Waals surface area contributed by atoms with Gasteiger partial charge in [0, 0.05) is 43.6 Å². The number of rotatable bonds is 6. The lowest BCUT2D eigenvalue weighted by Crippen LogP contribution is -2.63. The van der Waals surface area contributed by atoms with Gasteiger partial charge in [0.2, 0.25) is 0 Å². The van der Waals surface area contributed by atoms with Crippen LogP contribution in [0.2, 0.25) is 0 Å². The van der Waals surface area contributed by atoms with Crippen LogP contribution in [-0.2, 0) is 32.8 Å². The number of pyridine rings is 1. The van der Waals surface area contributed by atoms with E-state index in [-0.39, 0.29) is 17.6 Å². The molecular weight excluding hydrogens is 484 g/mol. The molecule has 8 rings (SSSR count). The van der Waals surface area contributed by atoms with Crippen molar-refractivity contribution in [2.75, 3.05) is 33.8 Å². The van der Waals surface area contributed by atoms with Crippen LogP contribution in [-0.4, -0.2) is 87.2 Å². The first-order valence-electron chi connectivity index (χ1n) is 13.5. The fourth-order valence-electron chi connectivity index (χ4n) is 6.66. The molecular formula is C28H34N6O4. The number of hydrogen-bond acceptors (Lipinski definition) is 8. The minimum atomic E-state index is -0.537. The molecule has 0 spiro atoms. The van der Waals surface area contributed by atoms with Crippen molar-refractivity contribution in [1.29, 1.82) is 0 Å². The predicted octanol–water partition coefficient (Wildman–Crippen LogP) is 2.46. The van der Waals surface area contributed by atoms with Gasteiger partial charge in [0.25, 0.3) is 5.91 Å². The lowest BCUT2D eigenvalue weighted by atomic mass is 9.66. The summed E-state index contributed by atoms with van der Waals surface area (Å²) >= 11 is 0. The molecule has 1 amide bonds. The fraction of sp³-hybridized carbons (Fsp3) is 0.571. The Morgan fingerprint density at radius 2 is 2.08 bits per heavy atom. The van der Waals surface area contributed by atoms with Gasteiger partial charge in [0.15, 0.2) is 6.10 Å². The van der Waals surface area contributed by atoms with E-state index in [9.17, 15) is 4.79 Å². The van der Waals surface area contributed by atoms with Crippen LogP contribution >= 0.6 is 0 Å². The Balaban J connectivity index is 1.10. The minimum absolute atomic E-state index is 0.0594. The SMILES string of the molecule is C[C@@H](Oc1ccc2ncc3c(c2c1)CCOC3)c1cn(C23CC(C)(C2)OC3C(=O)N2CC(N(C)C)C2)nn1. The molecule has 2 bridgehead atoms. The summed E-state index contributed by atoms with van der Waals surface area (Å²) in [5, 5.41) is 10.1. The van der Waals surface area contributed by atoms with Crippen molar-refractivity contribution in [3.05, 3.63) is 47.4 Å². The molecule has 3 saturated heterocycles. The third kappa shape index (κ3) is 3.65. The first-order valence-corrected chi connectivity index (χ1v) is 13.5. The van der Waals surface area contributed by atoms with Crippen molar-refractivity contribution in [1.82, 2.24) is 29.8 Å². The van der Waals surface area contributed by atoms with Crippen LogP contribution in [0.25, 0.3) is 10.9 Å². The van der Waals surface area contributed by atoms with E-state index in [4.69, 9.17) is 14.2 Å². The summed E-state index contributed by atoms with van der Waals surface area (Å²) in [4.78, 5) is 22.1. The number of likely N-dealkylation sites (tertiary alicyclic amines) is 1. The summed E-state index contributed by atoms with van der Waals surface area (Å²) in [7, 11) is 4.10. The van der Waals surface area contributed by atoms with Gasteiger partial charge < -0.3 is 24.0 Å². The summed E-state index contributed by atoms with van der Waals surface area (Å²) in [6.45, 7) is 6.86. The van der Waals surface area contributed by atoms with Crippen molar-refractivity contribution in [3.63, 3.8) is 0 Å². The highest BCUT2D eigenvalue weighted by molar-refractivity contribution is 5.85. The highest BCUT2D eigenvalue weighted by atomic mass is 16.5. The number of fused-ring (bicyclic) bond motifs is 4. The van der Waals surface area contributed by atoms with E-state index in [0.717, 1.165) is 66.9 Å². The summed E-state index contributed by atoms with van der Waals surface area (Å²) in [6, 6.07) is 6.42. The van der Waals surface area contributed by atoms with E-state index >= 15 is 0 Å². The second-order valence-electron chi connectivity index (χ2n) is 11.9. The van der Waals surface area contributed by atoms with Crippen molar-refractivity contribution in [3.8, 4) is 5.75 Å². The Morgan fingerprint density at radius 3 is 2.87 bits per heavy atom. The van der Waals surface area contributed by atoms with Crippen LogP contribution in [0.4, 0.5) is 0 Å². The molecule has 6 heterocycles. The molecule has 0 radical (unpaired) electrons. The molecule has 2 atom stereocenters. The van der Waals surface area contributed by atoms with Crippen molar-refractivity contribution in [2.45, 2.75) is 69.1 Å². The molecule has 1 saturated carbocycles. The standard InChI is InChI=1S/C28H34N6O4/c1-17(37-20-5-6-23-22(9-20)21-7-8-36-14-18(21)10-29-23)24-13-34(31-30-24)28-15-27(2,16-28)38-25(28)26(35)33-11-19(12-33)32(3)4/h5-6,9-10,13,17,19,25H,7-8,11-12,14-16H2,1-4H3/t17-,25?,27?,28?/m1/s1. The largest absolute Gasteiger partial charge is 0.484 e. The number of nitrogens with zero attached hydrogens (tertiary/aromatic N) is 6. The zero-order valence-corrected chi connectivity index (χ0v) is 22.4. The number of ether oxygens (including phenoxy) is 3. The van der Waals surface area contributed by atoms with Gasteiger partial charge in [-0.15, -0.1) is 5.10 Å². The van der Waals surface area contributed by atoms with E-state index in [2.05, 4.69) is 47.3 Å². The second-order valence-corrected chi connectivity index (χ2v) is 11.9. The van der Waals surface area contributed by atoms with Crippen LogP contribution in [0, 0.1) is 0 Å². The van der Waals surface area contributed by atoms with Crippen LogP contribution in [0.15, 0.2) is 30.6 Å². The monoisotopic (exact) mass is 518 g/mol. The van der Waals surface area contributed by atoms with Crippen molar-refractivity contribution in [2.24, 2.45) is 0 Å². The zero-order chi connectivity index (χ0) is 26.2. The number of carbonyl (C=O) groups is 1. The molecule has 5 aliphatic rings. The zero-order valence-electron chi connectivity index (χ0n) is 22.4. The first-order chi connectivity index (χ1) is 18.2. The number of aromatic nitrogens is 4. The normalized spacial score (nSPS) is 29.2. The Labute approximate surface area is 221 Å². The summed E-state index contributed by atoms with van der Waals surface area (Å²) in [5.74, 6) is 0.824. The molecule has 1 aliphatic carbocycles. The van der Waals surface area contributed by atoms with E-state index < -0.39 is 11.6 Å². The van der Waals surface area contributed by atoms with Crippen molar-refractivity contribution < 1.29 is 19.0 Å². The van der Waals surface area contributed by atoms with Gasteiger partial charge in [-0.3, -0.25) is 9.78 Å². The van der Waals surface area contributed by atoms with Crippen LogP contribution in [0.5, 0.6) is 5.75 Å². The molecule has 200 valence electrons. The molecule has 4 aliphatic heterocycles. The third-order valence-electron chi connectivity index (χ3n) is 8.87. The Hall–Kier alpha value is -3.08. The van der Waals surface area contributed by atoms with Gasteiger partial charge in [-0.2, -0.15) is 0 Å². The van der Waals surface area contributed by atoms with E-state index in [1.165, 1.54) is 5.56 Å². The van der Waals surface area contributed by atoms with E-state index in [0.29, 0.717) is 12.6 Å². The third-order valence-corrected chi connectivity index (χ3v) is 8.87. The van der Waals surface area contributed by atoms with Gasteiger partial charge in [-0.05, 0) is 63.7 Å². The number of benzene rings is 1. The van der Waals surface area contributed by atoms with Gasteiger partial charge in [0.1, 0.15) is 23.1 Å². The summed E-state index contributed by atoms with van der Waals surface area (Å²) in [6.07, 6.45) is 5.38. The minimum Gasteiger partial charge on any atom is -0.484 e. The molecule has 1 aromatic carbocycles. The Bertz CT molecular complexity index is 1410. The maximum Gasteiger partial charge on any atom is 0.254 e. The smallest absolute Gasteiger partial charge is 0.254 e. The fourth-order valence-corrected chi connectivity index (χ4v) is 6.66. The first kappa shape index (κ1) is 24.0. The van der Waals surface area contributed by atoms with Gasteiger partial charge in [-0.1, -0.05) is 5.21 Å². The van der Waals surface area contributed by atoms with Crippen LogP contribution < -0.4 is 4.74 Å². The number of amides is 1. The van der Waals surface area contributed by atoms with Gasteiger partial charge in [0.05, 0.1) is 30.5 Å². The maximum atomic E-state index is 13.4. The van der Waals surface area contributed by atoms with Gasteiger partial charge >= 0.3 is 0 Å². The lowest BCUT2D eigenvalue weighted by molar-refractivity contribution is -0.151. The average molecular weight is 519 g/mol.